The molecule has 0 aliphatic heterocycles. The molecule has 0 saturated heterocycles. The fourth-order valence-electron chi connectivity index (χ4n) is 2.22. The smallest absolute Gasteiger partial charge is 0.229 e. The molecule has 1 aliphatic rings. The molecule has 3 rings (SSSR count). The van der Waals surface area contributed by atoms with Crippen LogP contribution >= 0.6 is 11.3 Å². The van der Waals surface area contributed by atoms with Crippen LogP contribution in [-0.2, 0) is 4.79 Å². The number of thiazole rings is 1. The maximum Gasteiger partial charge on any atom is 0.229 e. The van der Waals surface area contributed by atoms with Crippen molar-refractivity contribution in [1.82, 2.24) is 9.97 Å². The maximum atomic E-state index is 12.1. The number of nitrogens with one attached hydrogen (secondary N) is 1. The average Bonchev–Trinajstić information content (AvgIpc) is 2.97. The molecule has 5 heteroatoms. The molecule has 1 atom stereocenters. The van der Waals surface area contributed by atoms with E-state index in [9.17, 15) is 4.79 Å². The number of anilines is 1. The molecule has 2 aromatic heterocycles. The van der Waals surface area contributed by atoms with Gasteiger partial charge in [0.15, 0.2) is 5.13 Å². The topological polar surface area (TPSA) is 54.9 Å². The van der Waals surface area contributed by atoms with Gasteiger partial charge in [-0.15, -0.1) is 11.3 Å². The van der Waals surface area contributed by atoms with Gasteiger partial charge in [-0.1, -0.05) is 12.2 Å². The zero-order valence-corrected chi connectivity index (χ0v) is 11.8. The quantitative estimate of drug-likeness (QED) is 0.878. The number of rotatable bonds is 3. The van der Waals surface area contributed by atoms with Gasteiger partial charge in [-0.25, -0.2) is 4.98 Å². The SMILES string of the molecule is O=C(Nc1nc(-c2cccnc2)cs1)C1CC=CCC1. The number of carbonyl (C=O) groups excluding carboxylic acids is 1. The first-order valence-electron chi connectivity index (χ1n) is 6.65. The Morgan fingerprint density at radius 3 is 3.10 bits per heavy atom. The van der Waals surface area contributed by atoms with Crippen molar-refractivity contribution >= 4 is 22.4 Å². The molecule has 1 unspecified atom stereocenters. The van der Waals surface area contributed by atoms with Gasteiger partial charge < -0.3 is 5.32 Å². The van der Waals surface area contributed by atoms with E-state index in [-0.39, 0.29) is 11.8 Å². The fourth-order valence-corrected chi connectivity index (χ4v) is 2.94. The summed E-state index contributed by atoms with van der Waals surface area (Å²) in [7, 11) is 0. The first-order valence-corrected chi connectivity index (χ1v) is 7.52. The molecule has 4 nitrogen and oxygen atoms in total. The van der Waals surface area contributed by atoms with Crippen LogP contribution in [0.2, 0.25) is 0 Å². The van der Waals surface area contributed by atoms with E-state index in [2.05, 4.69) is 27.4 Å². The third-order valence-electron chi connectivity index (χ3n) is 3.33. The van der Waals surface area contributed by atoms with Crippen LogP contribution in [0.5, 0.6) is 0 Å². The van der Waals surface area contributed by atoms with Crippen LogP contribution in [0, 0.1) is 5.92 Å². The van der Waals surface area contributed by atoms with Crippen molar-refractivity contribution in [3.05, 3.63) is 42.1 Å². The summed E-state index contributed by atoms with van der Waals surface area (Å²) in [6.45, 7) is 0. The molecule has 0 radical (unpaired) electrons. The summed E-state index contributed by atoms with van der Waals surface area (Å²) in [5.74, 6) is 0.146. The Balaban J connectivity index is 1.68. The molecule has 0 saturated carbocycles. The molecule has 2 aromatic rings. The van der Waals surface area contributed by atoms with Crippen molar-refractivity contribution in [3.63, 3.8) is 0 Å². The number of amides is 1. The molecule has 0 spiro atoms. The highest BCUT2D eigenvalue weighted by atomic mass is 32.1. The Morgan fingerprint density at radius 1 is 1.40 bits per heavy atom. The zero-order valence-electron chi connectivity index (χ0n) is 11.0. The van der Waals surface area contributed by atoms with Crippen LogP contribution in [0.1, 0.15) is 19.3 Å². The second kappa shape index (κ2) is 5.96. The molecule has 0 fully saturated rings. The monoisotopic (exact) mass is 285 g/mol. The number of hydrogen-bond donors (Lipinski definition) is 1. The number of carbonyl (C=O) groups is 1. The minimum atomic E-state index is 0.0708. The highest BCUT2D eigenvalue weighted by Gasteiger charge is 2.19. The molecule has 1 amide bonds. The number of aromatic nitrogens is 2. The van der Waals surface area contributed by atoms with Crippen molar-refractivity contribution in [2.75, 3.05) is 5.32 Å². The number of nitrogens with zero attached hydrogens (tertiary/aromatic N) is 2. The Kier molecular flexibility index (Phi) is 3.87. The fraction of sp³-hybridized carbons (Fsp3) is 0.267. The van der Waals surface area contributed by atoms with E-state index in [1.165, 1.54) is 11.3 Å². The van der Waals surface area contributed by atoms with Crippen molar-refractivity contribution in [2.45, 2.75) is 19.3 Å². The predicted octanol–water partition coefficient (Wildman–Crippen LogP) is 3.50. The van der Waals surface area contributed by atoms with Gasteiger partial charge in [-0.2, -0.15) is 0 Å². The lowest BCUT2D eigenvalue weighted by Crippen LogP contribution is -2.23. The second-order valence-electron chi connectivity index (χ2n) is 4.75. The number of allylic oxidation sites excluding steroid dienone is 2. The summed E-state index contributed by atoms with van der Waals surface area (Å²) < 4.78 is 0. The predicted molar refractivity (Wildman–Crippen MR) is 80.5 cm³/mol. The second-order valence-corrected chi connectivity index (χ2v) is 5.61. The van der Waals surface area contributed by atoms with Gasteiger partial charge in [0, 0.05) is 29.3 Å². The molecule has 0 bridgehead atoms. The third kappa shape index (κ3) is 2.93. The van der Waals surface area contributed by atoms with E-state index in [1.54, 1.807) is 12.4 Å². The normalized spacial score (nSPS) is 17.9. The van der Waals surface area contributed by atoms with Gasteiger partial charge >= 0.3 is 0 Å². The van der Waals surface area contributed by atoms with Crippen molar-refractivity contribution < 1.29 is 4.79 Å². The summed E-state index contributed by atoms with van der Waals surface area (Å²) >= 11 is 1.45. The lowest BCUT2D eigenvalue weighted by atomic mass is 9.94. The van der Waals surface area contributed by atoms with E-state index in [0.29, 0.717) is 5.13 Å². The summed E-state index contributed by atoms with van der Waals surface area (Å²) in [4.78, 5) is 20.6. The molecule has 1 aliphatic carbocycles. The van der Waals surface area contributed by atoms with Gasteiger partial charge in [0.25, 0.3) is 0 Å². The lowest BCUT2D eigenvalue weighted by molar-refractivity contribution is -0.120. The van der Waals surface area contributed by atoms with Crippen LogP contribution < -0.4 is 5.32 Å². The summed E-state index contributed by atoms with van der Waals surface area (Å²) in [6, 6.07) is 3.83. The van der Waals surface area contributed by atoms with Gasteiger partial charge in [0.1, 0.15) is 0 Å². The Morgan fingerprint density at radius 2 is 2.35 bits per heavy atom. The van der Waals surface area contributed by atoms with Crippen LogP contribution in [0.15, 0.2) is 42.1 Å². The first kappa shape index (κ1) is 13.0. The summed E-state index contributed by atoms with van der Waals surface area (Å²) in [6.07, 6.45) is 10.4. The Labute approximate surface area is 121 Å². The number of hydrogen-bond acceptors (Lipinski definition) is 4. The van der Waals surface area contributed by atoms with Crippen molar-refractivity contribution in [2.24, 2.45) is 5.92 Å². The molecular weight excluding hydrogens is 270 g/mol. The summed E-state index contributed by atoms with van der Waals surface area (Å²) in [5, 5.41) is 5.51. The van der Waals surface area contributed by atoms with E-state index in [0.717, 1.165) is 30.5 Å². The van der Waals surface area contributed by atoms with E-state index in [4.69, 9.17) is 0 Å². The molecule has 0 aromatic carbocycles. The van der Waals surface area contributed by atoms with Gasteiger partial charge in [-0.3, -0.25) is 9.78 Å². The third-order valence-corrected chi connectivity index (χ3v) is 4.09. The van der Waals surface area contributed by atoms with Crippen molar-refractivity contribution in [3.8, 4) is 11.3 Å². The molecule has 1 N–H and O–H groups in total. The van der Waals surface area contributed by atoms with E-state index in [1.807, 2.05) is 17.5 Å². The lowest BCUT2D eigenvalue weighted by Gasteiger charge is -2.15. The van der Waals surface area contributed by atoms with E-state index < -0.39 is 0 Å². The van der Waals surface area contributed by atoms with E-state index >= 15 is 0 Å². The minimum absolute atomic E-state index is 0.0708. The molecule has 102 valence electrons. The Bertz CT molecular complexity index is 621. The average molecular weight is 285 g/mol. The highest BCUT2D eigenvalue weighted by molar-refractivity contribution is 7.14. The van der Waals surface area contributed by atoms with Gasteiger partial charge in [0.05, 0.1) is 5.69 Å². The van der Waals surface area contributed by atoms with Crippen LogP contribution in [0.3, 0.4) is 0 Å². The Hall–Kier alpha value is -2.01. The first-order chi connectivity index (χ1) is 9.83. The van der Waals surface area contributed by atoms with Crippen molar-refractivity contribution in [1.29, 1.82) is 0 Å². The molecule has 20 heavy (non-hydrogen) atoms. The largest absolute Gasteiger partial charge is 0.302 e. The zero-order chi connectivity index (χ0) is 13.8. The van der Waals surface area contributed by atoms with Crippen LogP contribution in [0.25, 0.3) is 11.3 Å². The molecule has 2 heterocycles. The molecular formula is C15H15N3OS. The number of pyridine rings is 1. The van der Waals surface area contributed by atoms with Gasteiger partial charge in [-0.05, 0) is 31.4 Å². The highest BCUT2D eigenvalue weighted by Crippen LogP contribution is 2.26. The minimum Gasteiger partial charge on any atom is -0.302 e. The standard InChI is InChI=1S/C15H15N3OS/c19-14(11-5-2-1-3-6-11)18-15-17-13(10-20-15)12-7-4-8-16-9-12/h1-2,4,7-11H,3,5-6H2,(H,17,18,19). The van der Waals surface area contributed by atoms with Gasteiger partial charge in [0.2, 0.25) is 5.91 Å². The maximum absolute atomic E-state index is 12.1. The van der Waals surface area contributed by atoms with Crippen LogP contribution in [-0.4, -0.2) is 15.9 Å². The van der Waals surface area contributed by atoms with Crippen LogP contribution in [0.4, 0.5) is 5.13 Å². The summed E-state index contributed by atoms with van der Waals surface area (Å²) in [5.41, 5.74) is 1.81.